The van der Waals surface area contributed by atoms with Gasteiger partial charge in [0.2, 0.25) is 0 Å². The Balaban J connectivity index is 1.49. The molecule has 4 rings (SSSR count). The first-order valence-corrected chi connectivity index (χ1v) is 10.7. The van der Waals surface area contributed by atoms with Crippen LogP contribution in [0.15, 0.2) is 54.7 Å². The molecule has 0 unspecified atom stereocenters. The van der Waals surface area contributed by atoms with Crippen molar-refractivity contribution in [2.45, 2.75) is 44.7 Å². The Morgan fingerprint density at radius 3 is 2.60 bits per heavy atom. The lowest BCUT2D eigenvalue weighted by Crippen LogP contribution is -2.22. The second kappa shape index (κ2) is 9.43. The molecule has 0 radical (unpaired) electrons. The number of nitrogens with zero attached hydrogens (tertiary/aromatic N) is 1. The molecule has 1 heterocycles. The van der Waals surface area contributed by atoms with Gasteiger partial charge in [-0.1, -0.05) is 49.1 Å². The molecule has 0 aliphatic heterocycles. The third kappa shape index (κ3) is 5.08. The Labute approximate surface area is 180 Å². The molecule has 30 heavy (non-hydrogen) atoms. The minimum atomic E-state index is -0.843. The number of pyridine rings is 1. The van der Waals surface area contributed by atoms with E-state index in [1.807, 2.05) is 30.3 Å². The molecule has 0 amide bonds. The van der Waals surface area contributed by atoms with E-state index in [9.17, 15) is 8.78 Å². The Hall–Kier alpha value is -2.66. The molecule has 0 atom stereocenters. The average molecular weight is 428 g/mol. The van der Waals surface area contributed by atoms with Gasteiger partial charge < -0.3 is 10.6 Å². The molecule has 1 aromatic heterocycles. The highest BCUT2D eigenvalue weighted by atomic mass is 35.5. The maximum atomic E-state index is 13.4. The summed E-state index contributed by atoms with van der Waals surface area (Å²) in [6.07, 6.45) is 7.84. The van der Waals surface area contributed by atoms with Gasteiger partial charge in [-0.2, -0.15) is 0 Å². The number of aromatic nitrogens is 1. The summed E-state index contributed by atoms with van der Waals surface area (Å²) in [5, 5.41) is 7.38. The van der Waals surface area contributed by atoms with Crippen LogP contribution in [-0.4, -0.2) is 11.0 Å². The predicted molar refractivity (Wildman–Crippen MR) is 119 cm³/mol. The van der Waals surface area contributed by atoms with Crippen molar-refractivity contribution in [3.63, 3.8) is 0 Å². The van der Waals surface area contributed by atoms with E-state index >= 15 is 0 Å². The number of rotatable bonds is 6. The van der Waals surface area contributed by atoms with Crippen molar-refractivity contribution in [3.05, 3.63) is 76.9 Å². The third-order valence-electron chi connectivity index (χ3n) is 5.47. The molecule has 1 aliphatic rings. The van der Waals surface area contributed by atoms with Gasteiger partial charge in [-0.3, -0.25) is 0 Å². The van der Waals surface area contributed by atoms with E-state index in [0.717, 1.165) is 28.7 Å². The van der Waals surface area contributed by atoms with Crippen LogP contribution >= 0.6 is 11.6 Å². The van der Waals surface area contributed by atoms with E-state index in [1.165, 1.54) is 38.2 Å². The van der Waals surface area contributed by atoms with Crippen molar-refractivity contribution < 1.29 is 8.78 Å². The zero-order valence-corrected chi connectivity index (χ0v) is 17.4. The summed E-state index contributed by atoms with van der Waals surface area (Å²) in [4.78, 5) is 4.45. The number of hydrogen-bond donors (Lipinski definition) is 2. The molecule has 0 spiro atoms. The van der Waals surface area contributed by atoms with Crippen LogP contribution in [0.5, 0.6) is 0 Å². The van der Waals surface area contributed by atoms with Gasteiger partial charge in [0.1, 0.15) is 5.82 Å². The number of benzene rings is 2. The van der Waals surface area contributed by atoms with Crippen LogP contribution in [0.2, 0.25) is 5.02 Å². The Morgan fingerprint density at radius 1 is 0.967 bits per heavy atom. The molecule has 3 aromatic rings. The second-order valence-electron chi connectivity index (χ2n) is 7.71. The highest BCUT2D eigenvalue weighted by Gasteiger charge is 2.15. The van der Waals surface area contributed by atoms with Gasteiger partial charge in [0.05, 0.1) is 5.02 Å². The summed E-state index contributed by atoms with van der Waals surface area (Å²) < 4.78 is 26.5. The van der Waals surface area contributed by atoms with Crippen LogP contribution in [0.1, 0.15) is 37.7 Å². The van der Waals surface area contributed by atoms with Crippen molar-refractivity contribution in [2.75, 3.05) is 10.6 Å². The summed E-state index contributed by atoms with van der Waals surface area (Å²) in [5.74, 6) is -0.850. The van der Waals surface area contributed by atoms with Crippen molar-refractivity contribution in [1.82, 2.24) is 4.98 Å². The topological polar surface area (TPSA) is 37.0 Å². The van der Waals surface area contributed by atoms with Crippen LogP contribution in [-0.2, 0) is 6.54 Å². The fraction of sp³-hybridized carbons (Fsp3) is 0.292. The van der Waals surface area contributed by atoms with E-state index in [-0.39, 0.29) is 0 Å². The normalized spacial score (nSPS) is 14.5. The van der Waals surface area contributed by atoms with Crippen molar-refractivity contribution in [1.29, 1.82) is 0 Å². The molecule has 2 aromatic carbocycles. The van der Waals surface area contributed by atoms with Crippen molar-refractivity contribution in [3.8, 4) is 11.1 Å². The van der Waals surface area contributed by atoms with E-state index in [4.69, 9.17) is 11.6 Å². The molecular weight excluding hydrogens is 404 g/mol. The zero-order valence-electron chi connectivity index (χ0n) is 16.6. The highest BCUT2D eigenvalue weighted by Crippen LogP contribution is 2.32. The lowest BCUT2D eigenvalue weighted by Gasteiger charge is -2.23. The van der Waals surface area contributed by atoms with E-state index in [2.05, 4.69) is 15.6 Å². The molecule has 1 aliphatic carbocycles. The third-order valence-corrected chi connectivity index (χ3v) is 5.77. The van der Waals surface area contributed by atoms with Gasteiger partial charge in [0, 0.05) is 30.0 Å². The monoisotopic (exact) mass is 427 g/mol. The summed E-state index contributed by atoms with van der Waals surface area (Å²) in [7, 11) is 0. The highest BCUT2D eigenvalue weighted by molar-refractivity contribution is 6.33. The van der Waals surface area contributed by atoms with Gasteiger partial charge in [-0.15, -0.1) is 0 Å². The molecular formula is C24H24ClF2N3. The standard InChI is InChI=1S/C24H24ClF2N3/c25-21-15-29-24(30-18-6-2-1-3-7-18)13-20(21)17-5-4-8-19(12-17)28-14-16-9-10-22(26)23(27)11-16/h4-5,8-13,15,18,28H,1-3,6-7,14H2,(H,29,30). The SMILES string of the molecule is Fc1ccc(CNc2cccc(-c3cc(NC4CCCCC4)ncc3Cl)c2)cc1F. The van der Waals surface area contributed by atoms with Crippen molar-refractivity contribution >= 4 is 23.1 Å². The molecule has 1 fully saturated rings. The molecule has 0 bridgehead atoms. The Bertz CT molecular complexity index is 1020. The first-order valence-electron chi connectivity index (χ1n) is 10.3. The van der Waals surface area contributed by atoms with Gasteiger partial charge >= 0.3 is 0 Å². The van der Waals surface area contributed by atoms with E-state index in [0.29, 0.717) is 23.2 Å². The van der Waals surface area contributed by atoms with Crippen LogP contribution < -0.4 is 10.6 Å². The summed E-state index contributed by atoms with van der Waals surface area (Å²) in [6.45, 7) is 0.388. The average Bonchev–Trinajstić information content (AvgIpc) is 2.77. The number of anilines is 2. The maximum Gasteiger partial charge on any atom is 0.159 e. The zero-order chi connectivity index (χ0) is 20.9. The van der Waals surface area contributed by atoms with Crippen molar-refractivity contribution in [2.24, 2.45) is 0 Å². The van der Waals surface area contributed by atoms with E-state index < -0.39 is 11.6 Å². The van der Waals surface area contributed by atoms with Gasteiger partial charge in [0.15, 0.2) is 11.6 Å². The maximum absolute atomic E-state index is 13.4. The predicted octanol–water partition coefficient (Wildman–Crippen LogP) is 7.04. The lowest BCUT2D eigenvalue weighted by atomic mass is 9.95. The molecule has 1 saturated carbocycles. The second-order valence-corrected chi connectivity index (χ2v) is 8.12. The van der Waals surface area contributed by atoms with E-state index in [1.54, 1.807) is 12.3 Å². The van der Waals surface area contributed by atoms with Crippen LogP contribution in [0, 0.1) is 11.6 Å². The first-order chi connectivity index (χ1) is 14.6. The van der Waals surface area contributed by atoms with Crippen LogP contribution in [0.3, 0.4) is 0 Å². The van der Waals surface area contributed by atoms with Crippen LogP contribution in [0.4, 0.5) is 20.3 Å². The summed E-state index contributed by atoms with van der Waals surface area (Å²) in [5.41, 5.74) is 3.40. The number of hydrogen-bond acceptors (Lipinski definition) is 3. The number of halogens is 3. The quantitative estimate of drug-likeness (QED) is 0.443. The first kappa shape index (κ1) is 20.6. The Kier molecular flexibility index (Phi) is 6.48. The molecule has 156 valence electrons. The Morgan fingerprint density at radius 2 is 1.80 bits per heavy atom. The fourth-order valence-corrected chi connectivity index (χ4v) is 4.06. The largest absolute Gasteiger partial charge is 0.381 e. The molecule has 0 saturated heterocycles. The molecule has 3 nitrogen and oxygen atoms in total. The minimum absolute atomic E-state index is 0.388. The summed E-state index contributed by atoms with van der Waals surface area (Å²) >= 11 is 6.44. The lowest BCUT2D eigenvalue weighted by molar-refractivity contribution is 0.462. The van der Waals surface area contributed by atoms with Gasteiger partial charge in [-0.05, 0) is 54.3 Å². The number of nitrogens with one attached hydrogen (secondary N) is 2. The fourth-order valence-electron chi connectivity index (χ4n) is 3.85. The summed E-state index contributed by atoms with van der Waals surface area (Å²) in [6, 6.07) is 14.2. The van der Waals surface area contributed by atoms with Crippen LogP contribution in [0.25, 0.3) is 11.1 Å². The molecule has 2 N–H and O–H groups in total. The molecule has 6 heteroatoms. The van der Waals surface area contributed by atoms with Gasteiger partial charge in [0.25, 0.3) is 0 Å². The minimum Gasteiger partial charge on any atom is -0.381 e. The smallest absolute Gasteiger partial charge is 0.159 e. The van der Waals surface area contributed by atoms with Gasteiger partial charge in [-0.25, -0.2) is 13.8 Å².